The van der Waals surface area contributed by atoms with Crippen molar-refractivity contribution in [1.29, 1.82) is 0 Å². The van der Waals surface area contributed by atoms with Crippen molar-refractivity contribution in [3.63, 3.8) is 0 Å². The molecule has 9 nitrogen and oxygen atoms in total. The summed E-state index contributed by atoms with van der Waals surface area (Å²) in [5, 5.41) is 0. The van der Waals surface area contributed by atoms with Crippen LogP contribution in [0.25, 0.3) is 0 Å². The summed E-state index contributed by atoms with van der Waals surface area (Å²) < 4.78 is 34.8. The second kappa shape index (κ2) is 74.3. The molecule has 0 amide bonds. The summed E-state index contributed by atoms with van der Waals surface area (Å²) in [6, 6.07) is 0. The number of ether oxygens (including phenoxy) is 2. The second-order valence-corrected chi connectivity index (χ2v) is 27.7. The number of hydrogen-bond donors (Lipinski definition) is 1. The molecule has 0 radical (unpaired) electrons. The lowest BCUT2D eigenvalue weighted by molar-refractivity contribution is -0.870. The van der Waals surface area contributed by atoms with Crippen LogP contribution in [0.4, 0.5) is 0 Å². The van der Waals surface area contributed by atoms with Gasteiger partial charge in [-0.05, 0) is 135 Å². The predicted octanol–water partition coefficient (Wildman–Crippen LogP) is 25.8. The molecule has 0 heterocycles. The molecule has 1 N–H and O–H groups in total. The maximum Gasteiger partial charge on any atom is 0.472 e. The van der Waals surface area contributed by atoms with Crippen molar-refractivity contribution in [3.8, 4) is 0 Å². The molecule has 544 valence electrons. The van der Waals surface area contributed by atoms with Gasteiger partial charge in [0.1, 0.15) is 19.8 Å². The van der Waals surface area contributed by atoms with E-state index in [0.29, 0.717) is 17.4 Å². The minimum absolute atomic E-state index is 0.0233. The first-order valence-corrected chi connectivity index (χ1v) is 40.0. The number of likely N-dealkylation sites (N-methyl/N-ethyl adjacent to an activating group) is 1. The monoisotopic (exact) mass is 1350 g/mol. The van der Waals surface area contributed by atoms with E-state index in [1.807, 2.05) is 21.1 Å². The number of carbonyl (C=O) groups is 2. The van der Waals surface area contributed by atoms with E-state index < -0.39 is 26.5 Å². The van der Waals surface area contributed by atoms with Crippen LogP contribution in [0.5, 0.6) is 0 Å². The van der Waals surface area contributed by atoms with Crippen LogP contribution in [0, 0.1) is 0 Å². The van der Waals surface area contributed by atoms with Gasteiger partial charge >= 0.3 is 19.8 Å². The highest BCUT2D eigenvalue weighted by Gasteiger charge is 2.27. The topological polar surface area (TPSA) is 108 Å². The van der Waals surface area contributed by atoms with Gasteiger partial charge < -0.3 is 18.9 Å². The Kier molecular flexibility index (Phi) is 70.5. The molecule has 0 aliphatic heterocycles. The molecule has 0 rings (SSSR count). The molecule has 2 atom stereocenters. The number of hydrogen-bond acceptors (Lipinski definition) is 7. The number of phosphoric acid groups is 1. The van der Waals surface area contributed by atoms with Gasteiger partial charge in [-0.1, -0.05) is 331 Å². The molecular formula is C86H143NO8P+. The first-order chi connectivity index (χ1) is 47.0. The van der Waals surface area contributed by atoms with E-state index in [0.717, 1.165) is 148 Å². The van der Waals surface area contributed by atoms with Crippen LogP contribution in [0.2, 0.25) is 0 Å². The Morgan fingerprint density at radius 1 is 0.323 bits per heavy atom. The van der Waals surface area contributed by atoms with Gasteiger partial charge in [0.25, 0.3) is 0 Å². The summed E-state index contributed by atoms with van der Waals surface area (Å²) in [5.41, 5.74) is 0. The van der Waals surface area contributed by atoms with Crippen molar-refractivity contribution in [1.82, 2.24) is 0 Å². The summed E-state index contributed by atoms with van der Waals surface area (Å²) in [4.78, 5) is 36.0. The van der Waals surface area contributed by atoms with Gasteiger partial charge in [0, 0.05) is 12.8 Å². The van der Waals surface area contributed by atoms with Gasteiger partial charge in [-0.25, -0.2) is 4.57 Å². The molecule has 2 unspecified atom stereocenters. The fraction of sp³-hybridized carbons (Fsp3) is 0.628. The van der Waals surface area contributed by atoms with Gasteiger partial charge in [0.2, 0.25) is 0 Å². The molecule has 10 heteroatoms. The van der Waals surface area contributed by atoms with Crippen molar-refractivity contribution in [2.45, 2.75) is 302 Å². The molecule has 96 heavy (non-hydrogen) atoms. The minimum atomic E-state index is -4.41. The third-order valence-corrected chi connectivity index (χ3v) is 16.9. The van der Waals surface area contributed by atoms with Gasteiger partial charge in [-0.15, -0.1) is 0 Å². The van der Waals surface area contributed by atoms with Crippen LogP contribution >= 0.6 is 7.82 Å². The Morgan fingerprint density at radius 2 is 0.562 bits per heavy atom. The summed E-state index contributed by atoms with van der Waals surface area (Å²) >= 11 is 0. The van der Waals surface area contributed by atoms with E-state index in [9.17, 15) is 19.0 Å². The van der Waals surface area contributed by atoms with E-state index in [2.05, 4.69) is 196 Å². The molecule has 0 saturated heterocycles. The molecule has 0 saturated carbocycles. The average Bonchev–Trinajstić information content (AvgIpc) is 2.54. The van der Waals surface area contributed by atoms with Crippen LogP contribution in [-0.2, 0) is 32.7 Å². The summed E-state index contributed by atoms with van der Waals surface area (Å²) in [6.45, 7) is 4.20. The minimum Gasteiger partial charge on any atom is -0.462 e. The maximum absolute atomic E-state index is 12.9. The normalized spacial score (nSPS) is 14.1. The molecule has 0 bridgehead atoms. The third-order valence-electron chi connectivity index (χ3n) is 15.9. The molecule has 0 aliphatic rings. The fourth-order valence-corrected chi connectivity index (χ4v) is 10.9. The van der Waals surface area contributed by atoms with Crippen LogP contribution in [0.1, 0.15) is 296 Å². The quantitative estimate of drug-likeness (QED) is 0.0211. The Labute approximate surface area is 591 Å². The highest BCUT2D eigenvalue weighted by molar-refractivity contribution is 7.47. The number of phosphoric ester groups is 1. The molecule has 0 fully saturated rings. The third kappa shape index (κ3) is 78.1. The van der Waals surface area contributed by atoms with E-state index in [1.165, 1.54) is 116 Å². The largest absolute Gasteiger partial charge is 0.472 e. The molecule has 0 aliphatic carbocycles. The zero-order valence-electron chi connectivity index (χ0n) is 62.0. The van der Waals surface area contributed by atoms with Crippen LogP contribution in [-0.4, -0.2) is 74.9 Å². The van der Waals surface area contributed by atoms with Gasteiger partial charge in [-0.3, -0.25) is 18.6 Å². The first kappa shape index (κ1) is 91.1. The number of esters is 2. The second-order valence-electron chi connectivity index (χ2n) is 26.3. The highest BCUT2D eigenvalue weighted by atomic mass is 31.2. The Bertz CT molecular complexity index is 2280. The molecular weight excluding hydrogens is 1210 g/mol. The van der Waals surface area contributed by atoms with Crippen molar-refractivity contribution in [2.24, 2.45) is 0 Å². The number of carbonyl (C=O) groups excluding carboxylic acids is 2. The number of allylic oxidation sites excluding steroid dienone is 30. The maximum atomic E-state index is 12.9. The summed E-state index contributed by atoms with van der Waals surface area (Å²) in [7, 11) is 1.46. The number of quaternary nitrogens is 1. The van der Waals surface area contributed by atoms with Crippen LogP contribution in [0.3, 0.4) is 0 Å². The van der Waals surface area contributed by atoms with Gasteiger partial charge in [-0.2, -0.15) is 0 Å². The molecule has 0 aromatic heterocycles. The van der Waals surface area contributed by atoms with Gasteiger partial charge in [0.15, 0.2) is 6.10 Å². The standard InChI is InChI=1S/C86H142NO8P/c1-6-8-10-12-14-16-18-20-22-24-26-28-30-32-34-36-38-39-40-41-42-43-44-45-46-47-49-51-53-55-57-59-61-63-65-67-69-71-73-75-77-79-86(89)95-84(83-94-96(90,91)93-81-80-87(3,4)5)82-92-85(88)78-76-74-72-70-68-66-64-62-60-58-56-54-52-50-48-37-35-33-31-29-27-25-23-21-19-17-15-13-11-9-7-2/h8-11,14-17,20-23,26-29,32-35,38-39,41-42,44-45,48,50,54,56,84H,6-7,12-13,18-19,24-25,30-31,36-37,40,43,46-47,49,51-53,55,57-83H2,1-5H3/p+1/b10-8-,11-9-,16-14-,17-15-,22-20-,23-21-,28-26-,29-27-,34-32-,35-33-,39-38-,42-41-,45-44-,50-48-,56-54-. The van der Waals surface area contributed by atoms with Crippen LogP contribution < -0.4 is 0 Å². The summed E-state index contributed by atoms with van der Waals surface area (Å²) in [6.07, 6.45) is 114. The zero-order valence-corrected chi connectivity index (χ0v) is 62.9. The fourth-order valence-electron chi connectivity index (χ4n) is 10.1. The van der Waals surface area contributed by atoms with Crippen molar-refractivity contribution >= 4 is 19.8 Å². The number of nitrogens with zero attached hydrogens (tertiary/aromatic N) is 1. The predicted molar refractivity (Wildman–Crippen MR) is 417 cm³/mol. The SMILES string of the molecule is CC/C=C\C/C=C\C/C=C\C/C=C\C/C=C\C/C=C\C/C=C\C/C=C\CCCCCCCCCCCCCCCCCCC(=O)OC(COC(=O)CCCCCCCCCCC/C=C\C/C=C\C/C=C\C/C=C\C/C=C\C/C=C\C/C=C\CC)COP(=O)(O)OCC[N+](C)(C)C. The van der Waals surface area contributed by atoms with E-state index in [1.54, 1.807) is 0 Å². The van der Waals surface area contributed by atoms with Crippen molar-refractivity contribution in [3.05, 3.63) is 182 Å². The van der Waals surface area contributed by atoms with E-state index in [4.69, 9.17) is 18.5 Å². The number of unbranched alkanes of at least 4 members (excludes halogenated alkanes) is 25. The Balaban J connectivity index is 4.05. The average molecular weight is 1350 g/mol. The van der Waals surface area contributed by atoms with Crippen molar-refractivity contribution in [2.75, 3.05) is 47.5 Å². The molecule has 0 spiro atoms. The Hall–Kier alpha value is -4.89. The zero-order chi connectivity index (χ0) is 69.7. The number of rotatable bonds is 69. The smallest absolute Gasteiger partial charge is 0.462 e. The highest BCUT2D eigenvalue weighted by Crippen LogP contribution is 2.43. The lowest BCUT2D eigenvalue weighted by Gasteiger charge is -2.24. The lowest BCUT2D eigenvalue weighted by atomic mass is 10.0. The summed E-state index contributed by atoms with van der Waals surface area (Å²) in [5.74, 6) is -0.808. The van der Waals surface area contributed by atoms with Crippen molar-refractivity contribution < 1.29 is 42.1 Å². The van der Waals surface area contributed by atoms with E-state index >= 15 is 0 Å². The molecule has 0 aromatic rings. The van der Waals surface area contributed by atoms with E-state index in [-0.39, 0.29) is 32.0 Å². The first-order valence-electron chi connectivity index (χ1n) is 38.5. The van der Waals surface area contributed by atoms with Gasteiger partial charge in [0.05, 0.1) is 27.7 Å². The molecule has 0 aromatic carbocycles. The Morgan fingerprint density at radius 3 is 0.833 bits per heavy atom. The lowest BCUT2D eigenvalue weighted by Crippen LogP contribution is -2.37. The van der Waals surface area contributed by atoms with Crippen LogP contribution in [0.15, 0.2) is 182 Å².